The van der Waals surface area contributed by atoms with E-state index < -0.39 is 66.8 Å². The summed E-state index contributed by atoms with van der Waals surface area (Å²) in [5.41, 5.74) is -7.32. The summed E-state index contributed by atoms with van der Waals surface area (Å²) in [6, 6.07) is 0. The molecule has 196 valence electrons. The predicted molar refractivity (Wildman–Crippen MR) is 59.9 cm³/mol. The van der Waals surface area contributed by atoms with Crippen molar-refractivity contribution in [1.82, 2.24) is 0 Å². The minimum Gasteiger partial charge on any atom is -0.455 e. The molecule has 0 spiro atoms. The molecule has 0 aliphatic rings. The minimum atomic E-state index is -7.80. The highest BCUT2D eigenvalue weighted by Crippen LogP contribution is 2.54. The van der Waals surface area contributed by atoms with Crippen molar-refractivity contribution < 1.29 is 98.8 Å². The minimum absolute atomic E-state index is 1.67. The van der Waals surface area contributed by atoms with Gasteiger partial charge in [-0.2, -0.15) is 75.2 Å². The lowest BCUT2D eigenvalue weighted by Crippen LogP contribution is -2.70. The Kier molecular flexibility index (Phi) is 8.33. The molecule has 22 heteroatoms. The van der Waals surface area contributed by atoms with Gasteiger partial charge >= 0.3 is 48.3 Å². The summed E-state index contributed by atoms with van der Waals surface area (Å²) < 4.78 is 218. The first-order valence-corrected chi connectivity index (χ1v) is 6.90. The molecule has 0 aliphatic heterocycles. The van der Waals surface area contributed by atoms with Crippen LogP contribution in [0, 0.1) is 0 Å². The van der Waals surface area contributed by atoms with E-state index in [0.717, 1.165) is 0 Å². The van der Waals surface area contributed by atoms with Crippen molar-refractivity contribution in [2.24, 2.45) is 0 Å². The van der Waals surface area contributed by atoms with Crippen LogP contribution in [0.3, 0.4) is 0 Å². The molecule has 0 heterocycles. The summed E-state index contributed by atoms with van der Waals surface area (Å²) in [6.07, 6.45) is -41.2. The molecule has 33 heavy (non-hydrogen) atoms. The zero-order valence-corrected chi connectivity index (χ0v) is 14.3. The highest BCUT2D eigenvalue weighted by Gasteiger charge is 2.84. The summed E-state index contributed by atoms with van der Waals surface area (Å²) in [6.45, 7) is -3.33. The second-order valence-corrected chi connectivity index (χ2v) is 5.41. The van der Waals surface area contributed by atoms with E-state index in [1.807, 2.05) is 4.94 Å². The van der Waals surface area contributed by atoms with Crippen LogP contribution in [0.2, 0.25) is 0 Å². The fourth-order valence-corrected chi connectivity index (χ4v) is 1.61. The number of Topliss-reactive ketones (excluding diaryl/α,β-unsaturated/α-hetero) is 1. The van der Waals surface area contributed by atoms with Crippen LogP contribution in [0.25, 0.3) is 0 Å². The molecule has 0 N–H and O–H groups in total. The number of hydrogen-bond donors (Lipinski definition) is 0. The number of ether oxygens (including phenoxy) is 2. The molecule has 0 rings (SSSR count). The normalized spacial score (nSPS) is 15.9. The number of carbonyl (C=O) groups excluding carboxylic acids is 2. The summed E-state index contributed by atoms with van der Waals surface area (Å²) in [5.74, 6) is -15.3. The van der Waals surface area contributed by atoms with Gasteiger partial charge in [0.25, 0.3) is 6.10 Å². The monoisotopic (exact) mass is 538 g/mol. The largest absolute Gasteiger partial charge is 0.462 e. The molecule has 1 atom stereocenters. The highest BCUT2D eigenvalue weighted by molar-refractivity contribution is 5.92. The zero-order valence-electron chi connectivity index (χ0n) is 14.3. The standard InChI is InChI=1S/C11H3F17O5/c12-6(13,14)3(32-28)4(30)31-1-2(29)5(8(17,18)19,9(20,21)22)33-11(26,27)7(15,16)10(23,24)25/h3H,1H2. The molecule has 0 saturated carbocycles. The fraction of sp³-hybridized carbons (Fsp3) is 0.818. The van der Waals surface area contributed by atoms with Gasteiger partial charge in [0, 0.05) is 0 Å². The van der Waals surface area contributed by atoms with Crippen molar-refractivity contribution in [3.05, 3.63) is 0 Å². The van der Waals surface area contributed by atoms with Gasteiger partial charge in [-0.1, -0.05) is 0 Å². The maximum Gasteiger partial charge on any atom is 0.462 e. The molecule has 0 fully saturated rings. The Morgan fingerprint density at radius 3 is 1.33 bits per heavy atom. The molecular weight excluding hydrogens is 535 g/mol. The second-order valence-electron chi connectivity index (χ2n) is 5.41. The molecule has 0 bridgehead atoms. The quantitative estimate of drug-likeness (QED) is 0.334. The molecule has 5 nitrogen and oxygen atoms in total. The Morgan fingerprint density at radius 2 is 1.06 bits per heavy atom. The van der Waals surface area contributed by atoms with Crippen LogP contribution in [0.15, 0.2) is 0 Å². The number of hydrogen-bond acceptors (Lipinski definition) is 5. The molecular formula is C11H3F17O5. The van der Waals surface area contributed by atoms with E-state index in [-0.39, 0.29) is 0 Å². The summed E-state index contributed by atoms with van der Waals surface area (Å²) in [4.78, 5) is 24.2. The smallest absolute Gasteiger partial charge is 0.455 e. The number of alkyl halides is 16. The topological polar surface area (TPSA) is 61.8 Å². The van der Waals surface area contributed by atoms with E-state index >= 15 is 0 Å². The summed E-state index contributed by atoms with van der Waals surface area (Å²) >= 11 is 0. The van der Waals surface area contributed by atoms with Crippen LogP contribution >= 0.6 is 0 Å². The van der Waals surface area contributed by atoms with Gasteiger partial charge in [0.05, 0.1) is 0 Å². The van der Waals surface area contributed by atoms with Crippen molar-refractivity contribution in [2.75, 3.05) is 6.61 Å². The summed E-state index contributed by atoms with van der Waals surface area (Å²) in [5, 5.41) is 0. The van der Waals surface area contributed by atoms with Crippen LogP contribution in [0.4, 0.5) is 74.8 Å². The number of halogens is 17. The third kappa shape index (κ3) is 5.87. The Hall–Kier alpha value is -2.13. The van der Waals surface area contributed by atoms with Gasteiger partial charge in [0.1, 0.15) is 0 Å². The Balaban J connectivity index is 6.47. The number of rotatable bonds is 8. The SMILES string of the molecule is O=C(OCC(=O)C(OC(F)(F)C(F)(F)C(F)(F)F)(C(F)(F)F)C(F)(F)F)C(OF)C(F)(F)F. The van der Waals surface area contributed by atoms with Gasteiger partial charge in [-0.3, -0.25) is 9.53 Å². The number of carbonyl (C=O) groups is 2. The van der Waals surface area contributed by atoms with E-state index in [1.165, 1.54) is 0 Å². The van der Waals surface area contributed by atoms with Gasteiger partial charge in [-0.05, 0) is 4.53 Å². The van der Waals surface area contributed by atoms with Gasteiger partial charge in [0.2, 0.25) is 5.78 Å². The predicted octanol–water partition coefficient (Wildman–Crippen LogP) is 4.60. The average Bonchev–Trinajstić information content (AvgIpc) is 2.53. The van der Waals surface area contributed by atoms with E-state index in [1.54, 1.807) is 4.74 Å². The Labute approximate surface area is 167 Å². The van der Waals surface area contributed by atoms with Crippen LogP contribution in [-0.2, 0) is 24.0 Å². The van der Waals surface area contributed by atoms with Crippen LogP contribution in [0.1, 0.15) is 0 Å². The lowest BCUT2D eigenvalue weighted by molar-refractivity contribution is -0.482. The third-order valence-electron chi connectivity index (χ3n) is 3.14. The van der Waals surface area contributed by atoms with Gasteiger partial charge in [-0.25, -0.2) is 4.79 Å². The van der Waals surface area contributed by atoms with Crippen molar-refractivity contribution in [2.45, 2.75) is 48.4 Å². The zero-order chi connectivity index (χ0) is 27.1. The van der Waals surface area contributed by atoms with Crippen LogP contribution < -0.4 is 0 Å². The summed E-state index contributed by atoms with van der Waals surface area (Å²) in [7, 11) is 0. The Morgan fingerprint density at radius 1 is 0.667 bits per heavy atom. The van der Waals surface area contributed by atoms with Crippen LogP contribution in [-0.4, -0.2) is 66.8 Å². The molecule has 0 aromatic heterocycles. The average molecular weight is 538 g/mol. The van der Waals surface area contributed by atoms with Crippen LogP contribution in [0.5, 0.6) is 0 Å². The molecule has 0 aliphatic carbocycles. The first-order chi connectivity index (χ1) is 14.2. The molecule has 1 unspecified atom stereocenters. The van der Waals surface area contributed by atoms with Crippen molar-refractivity contribution in [3.63, 3.8) is 0 Å². The van der Waals surface area contributed by atoms with E-state index in [0.29, 0.717) is 0 Å². The maximum absolute atomic E-state index is 13.2. The van der Waals surface area contributed by atoms with Gasteiger partial charge in [0.15, 0.2) is 6.61 Å². The van der Waals surface area contributed by atoms with E-state index in [9.17, 15) is 84.4 Å². The lowest BCUT2D eigenvalue weighted by Gasteiger charge is -2.39. The second kappa shape index (κ2) is 8.91. The Bertz CT molecular complexity index is 701. The number of esters is 1. The first-order valence-electron chi connectivity index (χ1n) is 6.90. The van der Waals surface area contributed by atoms with Gasteiger partial charge < -0.3 is 4.74 Å². The fourth-order valence-electron chi connectivity index (χ4n) is 1.61. The van der Waals surface area contributed by atoms with E-state index in [4.69, 9.17) is 0 Å². The molecule has 0 amide bonds. The maximum atomic E-state index is 13.2. The molecule has 0 radical (unpaired) electrons. The van der Waals surface area contributed by atoms with Crippen molar-refractivity contribution in [1.29, 1.82) is 0 Å². The molecule has 0 aromatic carbocycles. The first kappa shape index (κ1) is 30.9. The molecule has 0 aromatic rings. The van der Waals surface area contributed by atoms with Crippen molar-refractivity contribution >= 4 is 11.8 Å². The third-order valence-corrected chi connectivity index (χ3v) is 3.14. The molecule has 0 saturated heterocycles. The number of ketones is 1. The lowest BCUT2D eigenvalue weighted by atomic mass is 9.96. The van der Waals surface area contributed by atoms with Gasteiger partial charge in [-0.15, -0.1) is 0 Å². The highest BCUT2D eigenvalue weighted by atomic mass is 19.4. The van der Waals surface area contributed by atoms with E-state index in [2.05, 4.69) is 4.74 Å². The van der Waals surface area contributed by atoms with Crippen molar-refractivity contribution in [3.8, 4) is 0 Å².